The van der Waals surface area contributed by atoms with Crippen molar-refractivity contribution in [2.24, 2.45) is 0 Å². The van der Waals surface area contributed by atoms with E-state index in [1.807, 2.05) is 20.8 Å². The third-order valence-electron chi connectivity index (χ3n) is 1.70. The Hall–Kier alpha value is 1.06. The molecular weight excluding hydrogens is 348 g/mol. The van der Waals surface area contributed by atoms with Gasteiger partial charge in [0.05, 0.1) is 15.5 Å². The summed E-state index contributed by atoms with van der Waals surface area (Å²) in [6, 6.07) is 0. The maximum atomic E-state index is 11.6. The van der Waals surface area contributed by atoms with Gasteiger partial charge in [0.15, 0.2) is 6.29 Å². The Balaban J connectivity index is 0. The molecule has 0 bridgehead atoms. The van der Waals surface area contributed by atoms with Crippen molar-refractivity contribution in [2.75, 3.05) is 19.5 Å². The van der Waals surface area contributed by atoms with Gasteiger partial charge in [-0.15, -0.1) is 0 Å². The summed E-state index contributed by atoms with van der Waals surface area (Å²) in [4.78, 5) is 0. The molecule has 0 aromatic carbocycles. The normalized spacial score (nSPS) is 14.1. The molecule has 0 saturated carbocycles. The lowest BCUT2D eigenvalue weighted by Crippen LogP contribution is -2.28. The van der Waals surface area contributed by atoms with E-state index in [1.165, 1.54) is 10.8 Å². The van der Waals surface area contributed by atoms with Crippen molar-refractivity contribution in [1.82, 2.24) is 0 Å². The van der Waals surface area contributed by atoms with E-state index in [0.717, 1.165) is 11.8 Å². The third-order valence-corrected chi connectivity index (χ3v) is 7.26. The highest BCUT2D eigenvalue weighted by Gasteiger charge is 2.32. The predicted octanol–water partition coefficient (Wildman–Crippen LogP) is 4.37. The van der Waals surface area contributed by atoms with Crippen LogP contribution >= 0.6 is 26.7 Å². The van der Waals surface area contributed by atoms with E-state index in [0.29, 0.717) is 0 Å². The van der Waals surface area contributed by atoms with E-state index < -0.39 is 10.2 Å². The second-order valence-electron chi connectivity index (χ2n) is 5.92. The first-order valence-electron chi connectivity index (χ1n) is 6.20. The molecule has 118 valence electrons. The quantitative estimate of drug-likeness (QED) is 0.309. The molecule has 6 heteroatoms. The van der Waals surface area contributed by atoms with Crippen LogP contribution in [0.15, 0.2) is 0 Å². The van der Waals surface area contributed by atoms with Crippen LogP contribution in [-0.2, 0) is 19.7 Å². The van der Waals surface area contributed by atoms with Crippen LogP contribution in [0.1, 0.15) is 48.0 Å². The van der Waals surface area contributed by atoms with Crippen LogP contribution < -0.4 is 0 Å². The van der Waals surface area contributed by atoms with Crippen LogP contribution in [0.5, 0.6) is 0 Å². The van der Waals surface area contributed by atoms with Crippen LogP contribution in [0.2, 0.25) is 0 Å². The second kappa shape index (κ2) is 10.7. The fraction of sp³-hybridized carbons (Fsp3) is 1.00. The summed E-state index contributed by atoms with van der Waals surface area (Å²) in [5.74, 6) is 0. The maximum Gasteiger partial charge on any atom is 0.157 e. The molecule has 0 aromatic heterocycles. The average Bonchev–Trinajstić information content (AvgIpc) is 2.23. The van der Waals surface area contributed by atoms with Gasteiger partial charge in [0.1, 0.15) is 4.75 Å². The number of hydrogen-bond donors (Lipinski definition) is 0. The van der Waals surface area contributed by atoms with Gasteiger partial charge in [-0.3, -0.25) is 0 Å². The van der Waals surface area contributed by atoms with Gasteiger partial charge in [0.2, 0.25) is 0 Å². The molecule has 0 aliphatic heterocycles. The Morgan fingerprint density at radius 1 is 1.11 bits per heavy atom. The summed E-state index contributed by atoms with van der Waals surface area (Å²) in [5.41, 5.74) is 0. The van der Waals surface area contributed by atoms with Gasteiger partial charge in [-0.05, 0) is 41.5 Å². The molecule has 0 spiro atoms. The Morgan fingerprint density at radius 2 is 1.53 bits per heavy atom. The molecule has 0 amide bonds. The molecule has 0 aliphatic carbocycles. The largest absolute Gasteiger partial charge is 0.605 e. The second-order valence-corrected chi connectivity index (χ2v) is 11.2. The van der Waals surface area contributed by atoms with E-state index >= 15 is 0 Å². The number of hydrogen-bond acceptors (Lipinski definition) is 4. The number of rotatable bonds is 5. The Kier molecular flexibility index (Phi) is 12.6. The average molecular weight is 377 g/mol. The number of methoxy groups -OCH3 is 2. The first-order valence-corrected chi connectivity index (χ1v) is 9.81. The van der Waals surface area contributed by atoms with E-state index in [4.69, 9.17) is 9.47 Å². The van der Waals surface area contributed by atoms with Crippen LogP contribution in [0.25, 0.3) is 0 Å². The van der Waals surface area contributed by atoms with Crippen molar-refractivity contribution < 1.29 is 14.0 Å². The standard InChI is InChI=1S/C8H18OS2.C5H11BrO2/c1-7(2,3)10-11(9)8(4,5)6;1-7-5(8-2)3-4-6/h1-6H3;5H,3-4H2,1-2H3. The molecule has 0 aromatic rings. The highest BCUT2D eigenvalue weighted by atomic mass is 79.9. The maximum absolute atomic E-state index is 11.6. The summed E-state index contributed by atoms with van der Waals surface area (Å²) >= 11 is 3.27. The highest BCUT2D eigenvalue weighted by Crippen LogP contribution is 2.36. The predicted molar refractivity (Wildman–Crippen MR) is 91.5 cm³/mol. The van der Waals surface area contributed by atoms with E-state index in [2.05, 4.69) is 36.7 Å². The first kappa shape index (κ1) is 22.3. The minimum Gasteiger partial charge on any atom is -0.605 e. The number of alkyl halides is 1. The number of halogens is 1. The monoisotopic (exact) mass is 376 g/mol. The molecule has 0 radical (unpaired) electrons. The molecular formula is C13H29BrO3S2. The van der Waals surface area contributed by atoms with Gasteiger partial charge >= 0.3 is 0 Å². The van der Waals surface area contributed by atoms with E-state index in [9.17, 15) is 4.55 Å². The molecule has 0 fully saturated rings. The fourth-order valence-electron chi connectivity index (χ4n) is 0.773. The Labute approximate surface area is 134 Å². The first-order chi connectivity index (χ1) is 8.47. The van der Waals surface area contributed by atoms with Crippen molar-refractivity contribution in [3.05, 3.63) is 0 Å². The number of ether oxygens (including phenoxy) is 2. The minimum absolute atomic E-state index is 0.0469. The van der Waals surface area contributed by atoms with Crippen molar-refractivity contribution in [3.8, 4) is 0 Å². The van der Waals surface area contributed by atoms with Gasteiger partial charge in [0, 0.05) is 36.2 Å². The summed E-state index contributed by atoms with van der Waals surface area (Å²) in [7, 11) is 4.02. The zero-order chi connectivity index (χ0) is 15.7. The molecule has 1 atom stereocenters. The summed E-state index contributed by atoms with van der Waals surface area (Å²) in [6.45, 7) is 12.3. The lowest BCUT2D eigenvalue weighted by atomic mass is 10.3. The van der Waals surface area contributed by atoms with E-state index in [-0.39, 0.29) is 15.8 Å². The third kappa shape index (κ3) is 15.3. The lowest BCUT2D eigenvalue weighted by Gasteiger charge is -2.27. The fourth-order valence-corrected chi connectivity index (χ4v) is 3.96. The molecule has 0 heterocycles. The summed E-state index contributed by atoms with van der Waals surface area (Å²) < 4.78 is 21.3. The Bertz CT molecular complexity index is 211. The lowest BCUT2D eigenvalue weighted by molar-refractivity contribution is -0.102. The van der Waals surface area contributed by atoms with Crippen molar-refractivity contribution in [3.63, 3.8) is 0 Å². The van der Waals surface area contributed by atoms with Gasteiger partial charge in [-0.1, -0.05) is 15.9 Å². The molecule has 0 saturated heterocycles. The van der Waals surface area contributed by atoms with Crippen LogP contribution in [0, 0.1) is 0 Å². The smallest absolute Gasteiger partial charge is 0.157 e. The summed E-state index contributed by atoms with van der Waals surface area (Å²) in [6.07, 6.45) is 0.849. The van der Waals surface area contributed by atoms with Gasteiger partial charge in [0.25, 0.3) is 0 Å². The molecule has 19 heavy (non-hydrogen) atoms. The van der Waals surface area contributed by atoms with Gasteiger partial charge in [-0.25, -0.2) is 0 Å². The zero-order valence-electron chi connectivity index (χ0n) is 13.4. The van der Waals surface area contributed by atoms with Gasteiger partial charge < -0.3 is 14.0 Å². The van der Waals surface area contributed by atoms with Crippen molar-refractivity contribution in [1.29, 1.82) is 0 Å². The van der Waals surface area contributed by atoms with Crippen LogP contribution in [0.4, 0.5) is 0 Å². The van der Waals surface area contributed by atoms with Crippen LogP contribution in [0.3, 0.4) is 0 Å². The molecule has 0 N–H and O–H groups in total. The molecule has 3 nitrogen and oxygen atoms in total. The topological polar surface area (TPSA) is 41.5 Å². The van der Waals surface area contributed by atoms with Crippen LogP contribution in [-0.4, -0.2) is 39.9 Å². The van der Waals surface area contributed by atoms with Gasteiger partial charge in [-0.2, -0.15) is 0 Å². The molecule has 1 unspecified atom stereocenters. The van der Waals surface area contributed by atoms with E-state index in [1.54, 1.807) is 14.2 Å². The molecule has 0 aliphatic rings. The zero-order valence-corrected chi connectivity index (χ0v) is 16.6. The highest BCUT2D eigenvalue weighted by molar-refractivity contribution is 9.09. The minimum atomic E-state index is -0.790. The molecule has 0 rings (SSSR count). The summed E-state index contributed by atoms with van der Waals surface area (Å²) in [5, 5.41) is 0.916. The SMILES string of the molecule is CC(C)(C)S[S+]([O-])C(C)(C)C.COC(CCBr)OC. The van der Waals surface area contributed by atoms with Crippen molar-refractivity contribution in [2.45, 2.75) is 63.7 Å². The van der Waals surface area contributed by atoms with Crippen molar-refractivity contribution >= 4 is 36.9 Å². The Morgan fingerprint density at radius 3 is 1.63 bits per heavy atom.